The third-order valence-electron chi connectivity index (χ3n) is 4.48. The Bertz CT molecular complexity index is 586. The van der Waals surface area contributed by atoms with Gasteiger partial charge in [-0.1, -0.05) is 0 Å². The van der Waals surface area contributed by atoms with E-state index in [2.05, 4.69) is 5.32 Å². The van der Waals surface area contributed by atoms with Crippen LogP contribution in [0.2, 0.25) is 0 Å². The molecule has 0 bridgehead atoms. The molecule has 1 fully saturated rings. The van der Waals surface area contributed by atoms with Crippen molar-refractivity contribution in [3.05, 3.63) is 16.0 Å². The second kappa shape index (κ2) is 5.61. The molecule has 1 heterocycles. The number of carbonyl (C=O) groups is 2. The first kappa shape index (κ1) is 14.9. The van der Waals surface area contributed by atoms with Crippen LogP contribution in [0.25, 0.3) is 0 Å². The molecule has 2 atom stereocenters. The van der Waals surface area contributed by atoms with Crippen molar-refractivity contribution in [2.75, 3.05) is 5.32 Å². The van der Waals surface area contributed by atoms with Crippen LogP contribution in [0.4, 0.5) is 5.00 Å². The first-order valence-corrected chi connectivity index (χ1v) is 8.63. The minimum Gasteiger partial charge on any atom is -0.365 e. The molecule has 1 aromatic rings. The molecule has 0 spiro atoms. The average Bonchev–Trinajstić information content (AvgIpc) is 2.98. The molecule has 1 amide bonds. The fraction of sp³-hybridized carbons (Fsp3) is 0.600. The van der Waals surface area contributed by atoms with Crippen molar-refractivity contribution in [3.8, 4) is 0 Å². The average molecular weight is 327 g/mol. The van der Waals surface area contributed by atoms with Gasteiger partial charge in [-0.05, 0) is 50.5 Å². The molecule has 0 radical (unpaired) electrons. The normalized spacial score (nSPS) is 28.1. The van der Waals surface area contributed by atoms with Gasteiger partial charge in [0.2, 0.25) is 0 Å². The van der Waals surface area contributed by atoms with E-state index in [9.17, 15) is 9.59 Å². The van der Waals surface area contributed by atoms with E-state index < -0.39 is 11.4 Å². The molecule has 6 heteroatoms. The third-order valence-corrected chi connectivity index (χ3v) is 6.06. The fourth-order valence-electron chi connectivity index (χ4n) is 3.47. The summed E-state index contributed by atoms with van der Waals surface area (Å²) < 4.78 is 0. The number of nitrogens with two attached hydrogens (primary N) is 1. The number of primary amides is 1. The lowest BCUT2D eigenvalue weighted by molar-refractivity contribution is -0.112. The van der Waals surface area contributed by atoms with Crippen molar-refractivity contribution in [2.45, 2.75) is 55.9 Å². The second-order valence-corrected chi connectivity index (χ2v) is 7.74. The summed E-state index contributed by atoms with van der Waals surface area (Å²) in [5.41, 5.74) is 6.57. The highest BCUT2D eigenvalue weighted by atomic mass is 35.5. The van der Waals surface area contributed by atoms with Gasteiger partial charge < -0.3 is 15.8 Å². The summed E-state index contributed by atoms with van der Waals surface area (Å²) in [6.45, 7) is 0. The Balaban J connectivity index is 1.94. The van der Waals surface area contributed by atoms with Crippen molar-refractivity contribution in [2.24, 2.45) is 5.73 Å². The van der Waals surface area contributed by atoms with E-state index in [0.29, 0.717) is 12.0 Å². The van der Waals surface area contributed by atoms with Crippen molar-refractivity contribution in [1.82, 2.24) is 0 Å². The van der Waals surface area contributed by atoms with Gasteiger partial charge in [0.1, 0.15) is 11.3 Å². The molecule has 2 aliphatic rings. The van der Waals surface area contributed by atoms with Crippen LogP contribution in [0.15, 0.2) is 0 Å². The Hall–Kier alpha value is -1.07. The summed E-state index contributed by atoms with van der Waals surface area (Å²) in [6.07, 6.45) is 7.12. The van der Waals surface area contributed by atoms with Gasteiger partial charge in [0.15, 0.2) is 0 Å². The highest BCUT2D eigenvalue weighted by Gasteiger charge is 2.37. The monoisotopic (exact) mass is 326 g/mol. The molecule has 1 aromatic heterocycles. The van der Waals surface area contributed by atoms with E-state index in [4.69, 9.17) is 17.3 Å². The fourth-order valence-corrected chi connectivity index (χ4v) is 5.30. The van der Waals surface area contributed by atoms with Crippen LogP contribution in [-0.2, 0) is 17.6 Å². The highest BCUT2D eigenvalue weighted by molar-refractivity contribution is 7.16. The number of fused-ring (bicyclic) bond motifs is 1. The number of amides is 1. The minimum atomic E-state index is -0.659. The van der Waals surface area contributed by atoms with Gasteiger partial charge in [0.25, 0.3) is 5.91 Å². The molecule has 2 aliphatic carbocycles. The van der Waals surface area contributed by atoms with Gasteiger partial charge in [-0.15, -0.1) is 22.9 Å². The van der Waals surface area contributed by atoms with Crippen LogP contribution < -0.4 is 11.1 Å². The van der Waals surface area contributed by atoms with Crippen molar-refractivity contribution in [3.63, 3.8) is 0 Å². The quantitative estimate of drug-likeness (QED) is 0.660. The van der Waals surface area contributed by atoms with Gasteiger partial charge in [-0.25, -0.2) is 0 Å². The zero-order valence-electron chi connectivity index (χ0n) is 11.8. The number of thiophene rings is 1. The molecule has 0 aromatic carbocycles. The van der Waals surface area contributed by atoms with Gasteiger partial charge >= 0.3 is 0 Å². The predicted molar refractivity (Wildman–Crippen MR) is 85.4 cm³/mol. The molecule has 1 saturated carbocycles. The molecule has 0 saturated heterocycles. The van der Waals surface area contributed by atoms with E-state index in [1.165, 1.54) is 4.88 Å². The Morgan fingerprint density at radius 2 is 2.24 bits per heavy atom. The van der Waals surface area contributed by atoms with Gasteiger partial charge in [0, 0.05) is 10.3 Å². The molecule has 3 rings (SSSR count). The molecular weight excluding hydrogens is 308 g/mol. The maximum absolute atomic E-state index is 11.8. The van der Waals surface area contributed by atoms with Crippen LogP contribution in [0.3, 0.4) is 0 Å². The summed E-state index contributed by atoms with van der Waals surface area (Å²) in [7, 11) is 0. The number of nitrogens with one attached hydrogen (secondary N) is 1. The van der Waals surface area contributed by atoms with Crippen molar-refractivity contribution < 1.29 is 9.59 Å². The Morgan fingerprint density at radius 1 is 1.43 bits per heavy atom. The topological polar surface area (TPSA) is 72.2 Å². The number of aryl methyl sites for hydroxylation is 1. The molecule has 2 unspecified atom stereocenters. The molecule has 0 aliphatic heterocycles. The first-order chi connectivity index (χ1) is 10.0. The minimum absolute atomic E-state index is 0.000266. The maximum atomic E-state index is 11.8. The predicted octanol–water partition coefficient (Wildman–Crippen LogP) is 2.87. The highest BCUT2D eigenvalue weighted by Crippen LogP contribution is 2.42. The van der Waals surface area contributed by atoms with Gasteiger partial charge in [0.05, 0.1) is 11.1 Å². The number of hydrogen-bond acceptors (Lipinski definition) is 4. The molecule has 3 N–H and O–H groups in total. The number of aldehydes is 1. The zero-order chi connectivity index (χ0) is 15.0. The summed E-state index contributed by atoms with van der Waals surface area (Å²) in [5.74, 6) is -0.406. The lowest BCUT2D eigenvalue weighted by Crippen LogP contribution is -2.45. The summed E-state index contributed by atoms with van der Waals surface area (Å²) in [5, 5.41) is 4.07. The first-order valence-electron chi connectivity index (χ1n) is 7.37. The Labute approximate surface area is 133 Å². The van der Waals surface area contributed by atoms with Crippen LogP contribution in [0.5, 0.6) is 0 Å². The SMILES string of the molecule is NC(=O)c1c(NC2(C=O)CCCC(Cl)C2)sc2c1CCC2. The van der Waals surface area contributed by atoms with E-state index in [1.807, 2.05) is 0 Å². The molecule has 4 nitrogen and oxygen atoms in total. The van der Waals surface area contributed by atoms with E-state index in [0.717, 1.165) is 55.4 Å². The largest absolute Gasteiger partial charge is 0.365 e. The maximum Gasteiger partial charge on any atom is 0.251 e. The molecular formula is C15H19ClN2O2S. The van der Waals surface area contributed by atoms with Crippen LogP contribution in [-0.4, -0.2) is 23.1 Å². The zero-order valence-corrected chi connectivity index (χ0v) is 13.4. The van der Waals surface area contributed by atoms with E-state index in [-0.39, 0.29) is 5.38 Å². The number of carbonyl (C=O) groups excluding carboxylic acids is 2. The van der Waals surface area contributed by atoms with E-state index >= 15 is 0 Å². The lowest BCUT2D eigenvalue weighted by atomic mass is 9.82. The summed E-state index contributed by atoms with van der Waals surface area (Å²) >= 11 is 7.81. The lowest BCUT2D eigenvalue weighted by Gasteiger charge is -2.36. The number of halogens is 1. The smallest absolute Gasteiger partial charge is 0.251 e. The van der Waals surface area contributed by atoms with Crippen molar-refractivity contribution >= 4 is 40.1 Å². The molecule has 21 heavy (non-hydrogen) atoms. The summed E-state index contributed by atoms with van der Waals surface area (Å²) in [6, 6.07) is 0. The van der Waals surface area contributed by atoms with Crippen LogP contribution in [0.1, 0.15) is 52.9 Å². The van der Waals surface area contributed by atoms with Gasteiger partial charge in [-0.2, -0.15) is 0 Å². The Kier molecular flexibility index (Phi) is 3.97. The number of alkyl halides is 1. The Morgan fingerprint density at radius 3 is 2.90 bits per heavy atom. The van der Waals surface area contributed by atoms with Crippen LogP contribution >= 0.6 is 22.9 Å². The van der Waals surface area contributed by atoms with E-state index in [1.54, 1.807) is 11.3 Å². The van der Waals surface area contributed by atoms with Gasteiger partial charge in [-0.3, -0.25) is 4.79 Å². The van der Waals surface area contributed by atoms with Crippen LogP contribution in [0, 0.1) is 0 Å². The number of rotatable bonds is 4. The second-order valence-electron chi connectivity index (χ2n) is 6.02. The van der Waals surface area contributed by atoms with Crippen molar-refractivity contribution in [1.29, 1.82) is 0 Å². The summed E-state index contributed by atoms with van der Waals surface area (Å²) in [4.78, 5) is 24.7. The number of hydrogen-bond donors (Lipinski definition) is 2. The number of anilines is 1. The molecule has 114 valence electrons. The standard InChI is InChI=1S/C15H19ClN2O2S/c16-9-3-2-6-15(7-9,8-19)18-14-12(13(17)20)10-4-1-5-11(10)21-14/h8-9,18H,1-7H2,(H2,17,20). The third kappa shape index (κ3) is 2.69.